The molecule has 4 saturated carbocycles. The van der Waals surface area contributed by atoms with Crippen LogP contribution in [0.5, 0.6) is 11.5 Å². The first-order valence-electron chi connectivity index (χ1n) is 21.5. The van der Waals surface area contributed by atoms with Crippen LogP contribution in [0.2, 0.25) is 0 Å². The van der Waals surface area contributed by atoms with Gasteiger partial charge in [0.05, 0.1) is 30.7 Å². The second-order valence-electron chi connectivity index (χ2n) is 17.8. The molecule has 4 aliphatic carbocycles. The Labute approximate surface area is 331 Å². The molecule has 2 aliphatic heterocycles. The zero-order chi connectivity index (χ0) is 38.2. The Balaban J connectivity index is 0.000000147. The van der Waals surface area contributed by atoms with E-state index in [2.05, 4.69) is 82.6 Å². The van der Waals surface area contributed by atoms with Crippen LogP contribution in [-0.4, -0.2) is 71.8 Å². The zero-order valence-electron chi connectivity index (χ0n) is 33.0. The molecule has 0 spiro atoms. The van der Waals surface area contributed by atoms with Crippen molar-refractivity contribution in [2.24, 2.45) is 35.5 Å². The van der Waals surface area contributed by atoms with Crippen LogP contribution in [0, 0.1) is 35.5 Å². The normalized spacial score (nSPS) is 27.6. The van der Waals surface area contributed by atoms with Gasteiger partial charge in [0, 0.05) is 13.1 Å². The average Bonchev–Trinajstić information content (AvgIpc) is 4.05. The molecule has 10 rings (SSSR count). The van der Waals surface area contributed by atoms with Gasteiger partial charge in [-0.25, -0.2) is 0 Å². The summed E-state index contributed by atoms with van der Waals surface area (Å²) < 4.78 is 17.6. The highest BCUT2D eigenvalue weighted by atomic mass is 16.5. The third-order valence-electron chi connectivity index (χ3n) is 13.7. The standard InChI is InChI=1S/C25H31NO3.C23H27NO3/c1-2-28-25(27)18-7-9-26(10-8-18)16-17-3-4-20-13-23(6-5-19(20)11-17)29-24-14-21-12-22(21)15-24;25-23(26)16-5-7-24(8-6-16)14-15-1-2-18-11-21(4-3-17(18)9-15)27-22-12-19-10-20(19)13-22/h3-6,11,13,18,21-22,24H,2,7-10,12,14-16H2,1H3;1-4,9,11,16,19-20,22H,5-8,10,12-14H2,(H,25,26). The van der Waals surface area contributed by atoms with E-state index in [1.54, 1.807) is 0 Å². The highest BCUT2D eigenvalue weighted by Crippen LogP contribution is 2.53. The van der Waals surface area contributed by atoms with E-state index >= 15 is 0 Å². The van der Waals surface area contributed by atoms with Crippen LogP contribution >= 0.6 is 0 Å². The number of carbonyl (C=O) groups excluding carboxylic acids is 1. The largest absolute Gasteiger partial charge is 0.490 e. The minimum Gasteiger partial charge on any atom is -0.490 e. The van der Waals surface area contributed by atoms with Crippen LogP contribution in [0.25, 0.3) is 21.5 Å². The van der Waals surface area contributed by atoms with Crippen molar-refractivity contribution in [2.45, 2.75) is 96.4 Å². The van der Waals surface area contributed by atoms with Crippen molar-refractivity contribution in [3.8, 4) is 11.5 Å². The molecule has 4 atom stereocenters. The lowest BCUT2D eigenvalue weighted by atomic mass is 9.96. The van der Waals surface area contributed by atoms with Crippen LogP contribution in [0.15, 0.2) is 72.8 Å². The summed E-state index contributed by atoms with van der Waals surface area (Å²) in [6.45, 7) is 7.83. The van der Waals surface area contributed by atoms with Gasteiger partial charge in [-0.2, -0.15) is 0 Å². The third-order valence-corrected chi connectivity index (χ3v) is 13.7. The molecule has 6 fully saturated rings. The number of benzene rings is 4. The molecule has 4 aromatic carbocycles. The van der Waals surface area contributed by atoms with Crippen molar-refractivity contribution in [1.29, 1.82) is 0 Å². The SMILES string of the molecule is CCOC(=O)C1CCN(Cc2ccc3cc(OC4CC5CC5C4)ccc3c2)CC1.O=C(O)C1CCN(Cc2ccc3cc(OC4CC5CC5C4)ccc3c2)CC1. The number of likely N-dealkylation sites (tertiary alicyclic amines) is 2. The van der Waals surface area contributed by atoms with E-state index in [0.717, 1.165) is 100 Å². The molecular formula is C48H58N2O6. The van der Waals surface area contributed by atoms with E-state index in [1.807, 2.05) is 6.92 Å². The predicted octanol–water partition coefficient (Wildman–Crippen LogP) is 9.11. The first-order valence-corrected chi connectivity index (χ1v) is 21.5. The number of piperidine rings is 2. The molecule has 4 unspecified atom stereocenters. The van der Waals surface area contributed by atoms with Crippen LogP contribution in [0.1, 0.15) is 82.3 Å². The average molecular weight is 759 g/mol. The predicted molar refractivity (Wildman–Crippen MR) is 219 cm³/mol. The van der Waals surface area contributed by atoms with E-state index in [9.17, 15) is 9.59 Å². The van der Waals surface area contributed by atoms with Gasteiger partial charge in [-0.3, -0.25) is 19.4 Å². The minimum absolute atomic E-state index is 0.0227. The molecule has 4 aromatic rings. The van der Waals surface area contributed by atoms with Gasteiger partial charge >= 0.3 is 11.9 Å². The number of rotatable bonds is 11. The second-order valence-corrected chi connectivity index (χ2v) is 17.8. The minimum atomic E-state index is -0.645. The van der Waals surface area contributed by atoms with Crippen LogP contribution in [0.4, 0.5) is 0 Å². The summed E-state index contributed by atoms with van der Waals surface area (Å²) in [5.41, 5.74) is 2.62. The Hall–Kier alpha value is -4.14. The Bertz CT molecular complexity index is 2010. The van der Waals surface area contributed by atoms with Gasteiger partial charge < -0.3 is 19.3 Å². The Morgan fingerprint density at radius 3 is 1.41 bits per heavy atom. The van der Waals surface area contributed by atoms with E-state index in [4.69, 9.17) is 19.3 Å². The number of carboxylic acids is 1. The fourth-order valence-corrected chi connectivity index (χ4v) is 10.2. The number of hydrogen-bond acceptors (Lipinski definition) is 7. The molecule has 0 radical (unpaired) electrons. The molecule has 0 amide bonds. The lowest BCUT2D eigenvalue weighted by molar-refractivity contribution is -0.149. The topological polar surface area (TPSA) is 88.5 Å². The van der Waals surface area contributed by atoms with Gasteiger partial charge in [-0.15, -0.1) is 0 Å². The molecule has 296 valence electrons. The van der Waals surface area contributed by atoms with Crippen molar-refractivity contribution in [1.82, 2.24) is 9.80 Å². The first-order chi connectivity index (χ1) is 27.3. The Morgan fingerprint density at radius 2 is 0.982 bits per heavy atom. The second kappa shape index (κ2) is 16.4. The molecule has 8 heteroatoms. The molecule has 0 bridgehead atoms. The number of aliphatic carboxylic acids is 1. The number of esters is 1. The lowest BCUT2D eigenvalue weighted by Gasteiger charge is -2.30. The molecule has 1 N–H and O–H groups in total. The molecule has 8 nitrogen and oxygen atoms in total. The Kier molecular flexibility index (Phi) is 11.0. The van der Waals surface area contributed by atoms with Crippen molar-refractivity contribution >= 4 is 33.5 Å². The highest BCUT2D eigenvalue weighted by Gasteiger charge is 2.47. The number of hydrogen-bond donors (Lipinski definition) is 1. The summed E-state index contributed by atoms with van der Waals surface area (Å²) in [6.07, 6.45) is 12.0. The summed E-state index contributed by atoms with van der Waals surface area (Å²) in [4.78, 5) is 27.8. The molecule has 0 aromatic heterocycles. The van der Waals surface area contributed by atoms with Crippen LogP contribution in [0.3, 0.4) is 0 Å². The maximum absolute atomic E-state index is 11.9. The van der Waals surface area contributed by atoms with E-state index in [1.165, 1.54) is 71.2 Å². The maximum atomic E-state index is 11.9. The first kappa shape index (κ1) is 37.4. The number of carbonyl (C=O) groups is 2. The fraction of sp³-hybridized carbons (Fsp3) is 0.542. The van der Waals surface area contributed by atoms with Crippen molar-refractivity contribution < 1.29 is 28.9 Å². The van der Waals surface area contributed by atoms with Crippen molar-refractivity contribution in [3.05, 3.63) is 83.9 Å². The summed E-state index contributed by atoms with van der Waals surface area (Å²) >= 11 is 0. The third kappa shape index (κ3) is 9.02. The van der Waals surface area contributed by atoms with Gasteiger partial charge in [-0.1, -0.05) is 36.4 Å². The quantitative estimate of drug-likeness (QED) is 0.152. The highest BCUT2D eigenvalue weighted by molar-refractivity contribution is 5.85. The molecule has 6 aliphatic rings. The Morgan fingerprint density at radius 1 is 0.571 bits per heavy atom. The maximum Gasteiger partial charge on any atom is 0.309 e. The zero-order valence-corrected chi connectivity index (χ0v) is 33.0. The van der Waals surface area contributed by atoms with Gasteiger partial charge in [0.2, 0.25) is 0 Å². The molecular weight excluding hydrogens is 701 g/mol. The number of fused-ring (bicyclic) bond motifs is 4. The van der Waals surface area contributed by atoms with Crippen LogP contribution < -0.4 is 9.47 Å². The van der Waals surface area contributed by atoms with Crippen LogP contribution in [-0.2, 0) is 27.4 Å². The van der Waals surface area contributed by atoms with Crippen molar-refractivity contribution in [3.63, 3.8) is 0 Å². The van der Waals surface area contributed by atoms with E-state index in [0.29, 0.717) is 18.8 Å². The molecule has 2 heterocycles. The smallest absolute Gasteiger partial charge is 0.309 e. The lowest BCUT2D eigenvalue weighted by Crippen LogP contribution is -2.36. The van der Waals surface area contributed by atoms with E-state index < -0.39 is 5.97 Å². The number of ether oxygens (including phenoxy) is 3. The summed E-state index contributed by atoms with van der Waals surface area (Å²) in [6, 6.07) is 26.3. The summed E-state index contributed by atoms with van der Waals surface area (Å²) in [7, 11) is 0. The van der Waals surface area contributed by atoms with Crippen molar-refractivity contribution in [2.75, 3.05) is 32.8 Å². The van der Waals surface area contributed by atoms with Gasteiger partial charge in [0.1, 0.15) is 11.5 Å². The monoisotopic (exact) mass is 758 g/mol. The number of nitrogens with zero attached hydrogens (tertiary/aromatic N) is 2. The number of carboxylic acid groups (broad SMARTS) is 1. The van der Waals surface area contributed by atoms with Gasteiger partial charge in [0.15, 0.2) is 0 Å². The summed E-state index contributed by atoms with van der Waals surface area (Å²) in [5, 5.41) is 14.1. The summed E-state index contributed by atoms with van der Waals surface area (Å²) in [5.74, 6) is 5.04. The van der Waals surface area contributed by atoms with Gasteiger partial charge in [0.25, 0.3) is 0 Å². The molecule has 56 heavy (non-hydrogen) atoms. The molecule has 2 saturated heterocycles. The fourth-order valence-electron chi connectivity index (χ4n) is 10.2. The van der Waals surface area contributed by atoms with E-state index in [-0.39, 0.29) is 17.8 Å². The van der Waals surface area contributed by atoms with Gasteiger partial charge in [-0.05, 0) is 190 Å².